The van der Waals surface area contributed by atoms with Gasteiger partial charge in [-0.1, -0.05) is 60.7 Å². The number of aliphatic hydroxyl groups excluding tert-OH is 2. The van der Waals surface area contributed by atoms with Gasteiger partial charge in [0.15, 0.2) is 6.29 Å². The number of carbonyl (C=O) groups excluding carboxylic acids is 1. The third-order valence-corrected chi connectivity index (χ3v) is 4.77. The molecule has 0 saturated carbocycles. The second-order valence-corrected chi connectivity index (χ2v) is 7.00. The standard InChI is InChI=1S/C22H27NO6/c1-15(25)23-19-21(27-13-16-8-4-2-5-9-16)20(26)18(12-24)29-22(19)28-14-17-10-6-3-7-11-17/h2-11,18-22,24,26H,12-14H2,1H3,(H,23,25)/t18-,19+,20+,21+,22+/m0/s1. The number of hydrogen-bond donors (Lipinski definition) is 3. The summed E-state index contributed by atoms with van der Waals surface area (Å²) in [5.41, 5.74) is 1.86. The fraction of sp³-hybridized carbons (Fsp3) is 0.409. The molecule has 7 heteroatoms. The Morgan fingerprint density at radius 2 is 1.55 bits per heavy atom. The molecule has 2 aromatic rings. The first-order chi connectivity index (χ1) is 14.1. The van der Waals surface area contributed by atoms with Gasteiger partial charge in [0.2, 0.25) is 5.91 Å². The van der Waals surface area contributed by atoms with Gasteiger partial charge in [0, 0.05) is 6.92 Å². The Morgan fingerprint density at radius 3 is 2.07 bits per heavy atom. The summed E-state index contributed by atoms with van der Waals surface area (Å²) in [5.74, 6) is -0.296. The lowest BCUT2D eigenvalue weighted by molar-refractivity contribution is -0.281. The van der Waals surface area contributed by atoms with E-state index in [1.807, 2.05) is 60.7 Å². The van der Waals surface area contributed by atoms with Crippen LogP contribution in [0.4, 0.5) is 0 Å². The molecule has 0 unspecified atom stereocenters. The third kappa shape index (κ3) is 5.85. The van der Waals surface area contributed by atoms with Crippen molar-refractivity contribution in [2.45, 2.75) is 50.8 Å². The number of carbonyl (C=O) groups is 1. The Hall–Kier alpha value is -2.29. The molecule has 0 aromatic heterocycles. The topological polar surface area (TPSA) is 97.3 Å². The highest BCUT2D eigenvalue weighted by Crippen LogP contribution is 2.26. The van der Waals surface area contributed by atoms with Crippen molar-refractivity contribution in [3.8, 4) is 0 Å². The number of aliphatic hydroxyl groups is 2. The Kier molecular flexibility index (Phi) is 7.74. The van der Waals surface area contributed by atoms with Crippen LogP contribution in [0, 0.1) is 0 Å². The van der Waals surface area contributed by atoms with Crippen LogP contribution in [-0.2, 0) is 32.2 Å². The van der Waals surface area contributed by atoms with E-state index in [2.05, 4.69) is 5.32 Å². The molecule has 1 saturated heterocycles. The van der Waals surface area contributed by atoms with Crippen molar-refractivity contribution in [2.75, 3.05) is 6.61 Å². The van der Waals surface area contributed by atoms with Gasteiger partial charge >= 0.3 is 0 Å². The fourth-order valence-electron chi connectivity index (χ4n) is 3.32. The molecule has 0 spiro atoms. The first-order valence-electron chi connectivity index (χ1n) is 9.61. The molecule has 1 aliphatic rings. The zero-order chi connectivity index (χ0) is 20.6. The molecule has 156 valence electrons. The van der Waals surface area contributed by atoms with Crippen molar-refractivity contribution in [3.63, 3.8) is 0 Å². The summed E-state index contributed by atoms with van der Waals surface area (Å²) < 4.78 is 17.6. The predicted octanol–water partition coefficient (Wildman–Crippen LogP) is 1.37. The maximum absolute atomic E-state index is 11.8. The van der Waals surface area contributed by atoms with Crippen LogP contribution in [0.1, 0.15) is 18.1 Å². The summed E-state index contributed by atoms with van der Waals surface area (Å²) in [6.07, 6.45) is -3.72. The minimum absolute atomic E-state index is 0.238. The number of nitrogens with one attached hydrogen (secondary N) is 1. The van der Waals surface area contributed by atoms with Gasteiger partial charge in [0.05, 0.1) is 19.8 Å². The third-order valence-electron chi connectivity index (χ3n) is 4.77. The number of benzene rings is 2. The van der Waals surface area contributed by atoms with Gasteiger partial charge in [-0.25, -0.2) is 0 Å². The highest BCUT2D eigenvalue weighted by Gasteiger charge is 2.46. The van der Waals surface area contributed by atoms with Crippen LogP contribution in [0.3, 0.4) is 0 Å². The van der Waals surface area contributed by atoms with E-state index in [9.17, 15) is 15.0 Å². The molecule has 2 aromatic carbocycles. The molecular weight excluding hydrogens is 374 g/mol. The van der Waals surface area contributed by atoms with Gasteiger partial charge in [-0.05, 0) is 11.1 Å². The summed E-state index contributed by atoms with van der Waals surface area (Å²) in [4.78, 5) is 11.8. The molecule has 1 amide bonds. The van der Waals surface area contributed by atoms with Crippen LogP contribution in [-0.4, -0.2) is 53.4 Å². The lowest BCUT2D eigenvalue weighted by atomic mass is 9.96. The van der Waals surface area contributed by atoms with E-state index in [4.69, 9.17) is 14.2 Å². The molecule has 0 radical (unpaired) electrons. The molecule has 5 atom stereocenters. The molecule has 29 heavy (non-hydrogen) atoms. The lowest BCUT2D eigenvalue weighted by Gasteiger charge is -2.44. The van der Waals surface area contributed by atoms with Crippen molar-refractivity contribution < 1.29 is 29.2 Å². The molecule has 0 bridgehead atoms. The predicted molar refractivity (Wildman–Crippen MR) is 106 cm³/mol. The molecule has 3 N–H and O–H groups in total. The average molecular weight is 401 g/mol. The average Bonchev–Trinajstić information content (AvgIpc) is 2.74. The van der Waals surface area contributed by atoms with Crippen LogP contribution in [0.5, 0.6) is 0 Å². The lowest BCUT2D eigenvalue weighted by Crippen LogP contribution is -2.65. The summed E-state index contributed by atoms with van der Waals surface area (Å²) in [5, 5.41) is 23.1. The van der Waals surface area contributed by atoms with Gasteiger partial charge in [0.1, 0.15) is 24.4 Å². The van der Waals surface area contributed by atoms with Crippen molar-refractivity contribution in [3.05, 3.63) is 71.8 Å². The summed E-state index contributed by atoms with van der Waals surface area (Å²) in [7, 11) is 0. The minimum atomic E-state index is -1.13. The van der Waals surface area contributed by atoms with E-state index in [0.717, 1.165) is 11.1 Å². The quantitative estimate of drug-likeness (QED) is 0.618. The van der Waals surface area contributed by atoms with Crippen LogP contribution in [0.15, 0.2) is 60.7 Å². The Balaban J connectivity index is 1.76. The maximum atomic E-state index is 11.8. The Morgan fingerprint density at radius 1 is 1.00 bits per heavy atom. The van der Waals surface area contributed by atoms with Crippen LogP contribution < -0.4 is 5.32 Å². The van der Waals surface area contributed by atoms with Crippen molar-refractivity contribution in [1.82, 2.24) is 5.32 Å². The molecule has 7 nitrogen and oxygen atoms in total. The van der Waals surface area contributed by atoms with E-state index < -0.39 is 37.3 Å². The second-order valence-electron chi connectivity index (χ2n) is 7.00. The van der Waals surface area contributed by atoms with E-state index in [1.54, 1.807) is 0 Å². The van der Waals surface area contributed by atoms with Crippen molar-refractivity contribution in [1.29, 1.82) is 0 Å². The van der Waals surface area contributed by atoms with Crippen molar-refractivity contribution in [2.24, 2.45) is 0 Å². The summed E-state index contributed by atoms with van der Waals surface area (Å²) in [6, 6.07) is 18.3. The number of hydrogen-bond acceptors (Lipinski definition) is 6. The monoisotopic (exact) mass is 401 g/mol. The molecule has 3 rings (SSSR count). The fourth-order valence-corrected chi connectivity index (χ4v) is 3.32. The molecule has 1 aliphatic heterocycles. The van der Waals surface area contributed by atoms with Gasteiger partial charge in [-0.15, -0.1) is 0 Å². The van der Waals surface area contributed by atoms with E-state index in [1.165, 1.54) is 6.92 Å². The second kappa shape index (κ2) is 10.5. The van der Waals surface area contributed by atoms with Gasteiger partial charge in [-0.3, -0.25) is 4.79 Å². The minimum Gasteiger partial charge on any atom is -0.394 e. The van der Waals surface area contributed by atoms with E-state index in [0.29, 0.717) is 0 Å². The van der Waals surface area contributed by atoms with Gasteiger partial charge in [-0.2, -0.15) is 0 Å². The van der Waals surface area contributed by atoms with Crippen molar-refractivity contribution >= 4 is 5.91 Å². The first-order valence-corrected chi connectivity index (χ1v) is 9.61. The Labute approximate surface area is 170 Å². The highest BCUT2D eigenvalue weighted by molar-refractivity contribution is 5.73. The molecular formula is C22H27NO6. The summed E-state index contributed by atoms with van der Waals surface area (Å²) >= 11 is 0. The van der Waals surface area contributed by atoms with E-state index in [-0.39, 0.29) is 19.1 Å². The number of ether oxygens (including phenoxy) is 3. The molecule has 1 fully saturated rings. The van der Waals surface area contributed by atoms with E-state index >= 15 is 0 Å². The van der Waals surface area contributed by atoms with Crippen LogP contribution >= 0.6 is 0 Å². The SMILES string of the molecule is CC(=O)N[C@H]1[C@H](OCc2ccccc2)O[C@@H](CO)[C@@H](O)[C@@H]1OCc1ccccc1. The summed E-state index contributed by atoms with van der Waals surface area (Å²) in [6.45, 7) is 1.47. The van der Waals surface area contributed by atoms with Gasteiger partial charge in [0.25, 0.3) is 0 Å². The normalized spacial score (nSPS) is 26.8. The smallest absolute Gasteiger partial charge is 0.217 e. The zero-order valence-corrected chi connectivity index (χ0v) is 16.3. The Bertz CT molecular complexity index is 756. The highest BCUT2D eigenvalue weighted by atomic mass is 16.7. The number of amides is 1. The first kappa shape index (κ1) is 21.4. The molecule has 1 heterocycles. The maximum Gasteiger partial charge on any atom is 0.217 e. The largest absolute Gasteiger partial charge is 0.394 e. The van der Waals surface area contributed by atoms with Crippen LogP contribution in [0.2, 0.25) is 0 Å². The van der Waals surface area contributed by atoms with Gasteiger partial charge < -0.3 is 29.7 Å². The number of rotatable bonds is 8. The molecule has 0 aliphatic carbocycles. The van der Waals surface area contributed by atoms with Crippen LogP contribution in [0.25, 0.3) is 0 Å². The zero-order valence-electron chi connectivity index (χ0n) is 16.3.